The van der Waals surface area contributed by atoms with Crippen LogP contribution in [0.3, 0.4) is 0 Å². The Labute approximate surface area is 147 Å². The van der Waals surface area contributed by atoms with Crippen LogP contribution < -0.4 is 0 Å². The molecule has 5 nitrogen and oxygen atoms in total. The SMILES string of the molecule is CCc1ccc(-c2nccn2[C@@H]2COC[C@H]2Cc2ccncc2)nc1. The number of nitrogens with zero attached hydrogens (tertiary/aromatic N) is 4. The fourth-order valence-corrected chi connectivity index (χ4v) is 3.46. The summed E-state index contributed by atoms with van der Waals surface area (Å²) < 4.78 is 8.04. The smallest absolute Gasteiger partial charge is 0.158 e. The molecule has 0 saturated carbocycles. The zero-order valence-electron chi connectivity index (χ0n) is 14.4. The van der Waals surface area contributed by atoms with Crippen molar-refractivity contribution in [1.82, 2.24) is 19.5 Å². The molecule has 0 N–H and O–H groups in total. The van der Waals surface area contributed by atoms with E-state index in [0.29, 0.717) is 12.5 Å². The maximum absolute atomic E-state index is 5.81. The van der Waals surface area contributed by atoms with Crippen molar-refractivity contribution in [3.8, 4) is 11.5 Å². The van der Waals surface area contributed by atoms with Crippen LogP contribution in [0, 0.1) is 5.92 Å². The quantitative estimate of drug-likeness (QED) is 0.718. The molecule has 2 atom stereocenters. The zero-order chi connectivity index (χ0) is 17.1. The normalized spacial score (nSPS) is 20.0. The number of hydrogen-bond donors (Lipinski definition) is 0. The molecule has 1 saturated heterocycles. The number of imidazole rings is 1. The van der Waals surface area contributed by atoms with Crippen molar-refractivity contribution in [3.63, 3.8) is 0 Å². The van der Waals surface area contributed by atoms with Crippen molar-refractivity contribution in [1.29, 1.82) is 0 Å². The van der Waals surface area contributed by atoms with Crippen LogP contribution in [0.2, 0.25) is 0 Å². The molecule has 0 aliphatic carbocycles. The van der Waals surface area contributed by atoms with Gasteiger partial charge < -0.3 is 9.30 Å². The minimum absolute atomic E-state index is 0.276. The fraction of sp³-hybridized carbons (Fsp3) is 0.350. The molecule has 3 aromatic rings. The van der Waals surface area contributed by atoms with Gasteiger partial charge in [-0.05, 0) is 42.2 Å². The van der Waals surface area contributed by atoms with E-state index < -0.39 is 0 Å². The van der Waals surface area contributed by atoms with Crippen molar-refractivity contribution in [2.75, 3.05) is 13.2 Å². The Balaban J connectivity index is 1.59. The molecule has 1 aliphatic rings. The van der Waals surface area contributed by atoms with Crippen LogP contribution in [0.4, 0.5) is 0 Å². The van der Waals surface area contributed by atoms with Gasteiger partial charge in [0.25, 0.3) is 0 Å². The molecule has 25 heavy (non-hydrogen) atoms. The summed E-state index contributed by atoms with van der Waals surface area (Å²) in [5.41, 5.74) is 3.45. The third-order valence-electron chi connectivity index (χ3n) is 4.90. The van der Waals surface area contributed by atoms with Crippen LogP contribution in [0.15, 0.2) is 55.2 Å². The first-order valence-electron chi connectivity index (χ1n) is 8.80. The number of ether oxygens (including phenoxy) is 1. The Morgan fingerprint density at radius 3 is 2.68 bits per heavy atom. The summed E-state index contributed by atoms with van der Waals surface area (Å²) in [5, 5.41) is 0. The first kappa shape index (κ1) is 16.0. The molecule has 0 unspecified atom stereocenters. The highest BCUT2D eigenvalue weighted by atomic mass is 16.5. The first-order chi connectivity index (χ1) is 12.3. The van der Waals surface area contributed by atoms with Gasteiger partial charge in [-0.3, -0.25) is 9.97 Å². The Bertz CT molecular complexity index is 813. The topological polar surface area (TPSA) is 52.8 Å². The van der Waals surface area contributed by atoms with Crippen molar-refractivity contribution in [2.24, 2.45) is 5.92 Å². The monoisotopic (exact) mass is 334 g/mol. The average molecular weight is 334 g/mol. The third-order valence-corrected chi connectivity index (χ3v) is 4.90. The molecule has 4 heterocycles. The Morgan fingerprint density at radius 1 is 1.04 bits per heavy atom. The fourth-order valence-electron chi connectivity index (χ4n) is 3.46. The standard InChI is InChI=1S/C20H22N4O/c1-2-15-3-4-18(23-12-15)20-22-9-10-24(20)19-14-25-13-17(19)11-16-5-7-21-8-6-16/h3-10,12,17,19H,2,11,13-14H2,1H3/t17-,19-/m1/s1. The van der Waals surface area contributed by atoms with E-state index in [1.165, 1.54) is 11.1 Å². The van der Waals surface area contributed by atoms with Gasteiger partial charge in [0, 0.05) is 36.9 Å². The van der Waals surface area contributed by atoms with E-state index in [1.807, 2.05) is 31.0 Å². The van der Waals surface area contributed by atoms with Gasteiger partial charge in [0.05, 0.1) is 19.3 Å². The lowest BCUT2D eigenvalue weighted by Gasteiger charge is -2.21. The summed E-state index contributed by atoms with van der Waals surface area (Å²) in [5.74, 6) is 1.34. The first-order valence-corrected chi connectivity index (χ1v) is 8.80. The molecule has 0 amide bonds. The molecule has 5 heteroatoms. The highest BCUT2D eigenvalue weighted by Crippen LogP contribution is 2.32. The van der Waals surface area contributed by atoms with E-state index in [1.54, 1.807) is 0 Å². The summed E-state index contributed by atoms with van der Waals surface area (Å²) in [6, 6.07) is 8.62. The predicted octanol–water partition coefficient (Wildman–Crippen LogP) is 3.33. The minimum atomic E-state index is 0.276. The van der Waals surface area contributed by atoms with Crippen LogP contribution in [0.25, 0.3) is 11.5 Å². The van der Waals surface area contributed by atoms with Crippen molar-refractivity contribution in [2.45, 2.75) is 25.8 Å². The molecule has 0 radical (unpaired) electrons. The van der Waals surface area contributed by atoms with Gasteiger partial charge >= 0.3 is 0 Å². The lowest BCUT2D eigenvalue weighted by molar-refractivity contribution is 0.181. The molecule has 0 bridgehead atoms. The van der Waals surface area contributed by atoms with Crippen LogP contribution in [0.5, 0.6) is 0 Å². The highest BCUT2D eigenvalue weighted by Gasteiger charge is 2.31. The molecule has 3 aromatic heterocycles. The summed E-state index contributed by atoms with van der Waals surface area (Å²) in [6.07, 6.45) is 11.5. The van der Waals surface area contributed by atoms with Gasteiger partial charge in [0.1, 0.15) is 5.69 Å². The average Bonchev–Trinajstić information content (AvgIpc) is 3.31. The van der Waals surface area contributed by atoms with E-state index in [-0.39, 0.29) is 6.04 Å². The largest absolute Gasteiger partial charge is 0.379 e. The van der Waals surface area contributed by atoms with Crippen molar-refractivity contribution >= 4 is 0 Å². The van der Waals surface area contributed by atoms with Crippen molar-refractivity contribution < 1.29 is 4.74 Å². The van der Waals surface area contributed by atoms with Crippen LogP contribution in [-0.2, 0) is 17.6 Å². The highest BCUT2D eigenvalue weighted by molar-refractivity contribution is 5.50. The second kappa shape index (κ2) is 7.15. The minimum Gasteiger partial charge on any atom is -0.379 e. The molecule has 0 spiro atoms. The predicted molar refractivity (Wildman–Crippen MR) is 96.1 cm³/mol. The zero-order valence-corrected chi connectivity index (χ0v) is 14.4. The Morgan fingerprint density at radius 2 is 1.92 bits per heavy atom. The second-order valence-corrected chi connectivity index (χ2v) is 6.49. The molecular formula is C20H22N4O. The molecular weight excluding hydrogens is 312 g/mol. The summed E-state index contributed by atoms with van der Waals surface area (Å²) in [7, 11) is 0. The summed E-state index contributed by atoms with van der Waals surface area (Å²) in [4.78, 5) is 13.3. The summed E-state index contributed by atoms with van der Waals surface area (Å²) >= 11 is 0. The number of aromatic nitrogens is 4. The molecule has 1 fully saturated rings. The second-order valence-electron chi connectivity index (χ2n) is 6.49. The maximum atomic E-state index is 5.81. The van der Waals surface area contributed by atoms with E-state index in [2.05, 4.69) is 50.7 Å². The molecule has 0 aromatic carbocycles. The van der Waals surface area contributed by atoms with Crippen LogP contribution in [-0.4, -0.2) is 32.7 Å². The van der Waals surface area contributed by atoms with Crippen LogP contribution >= 0.6 is 0 Å². The maximum Gasteiger partial charge on any atom is 0.158 e. The molecule has 128 valence electrons. The third kappa shape index (κ3) is 3.33. The molecule has 1 aliphatic heterocycles. The van der Waals surface area contributed by atoms with Crippen molar-refractivity contribution in [3.05, 3.63) is 66.4 Å². The van der Waals surface area contributed by atoms with Gasteiger partial charge in [-0.15, -0.1) is 0 Å². The summed E-state index contributed by atoms with van der Waals surface area (Å²) in [6.45, 7) is 3.62. The van der Waals surface area contributed by atoms with Gasteiger partial charge in [-0.2, -0.15) is 0 Å². The van der Waals surface area contributed by atoms with E-state index in [0.717, 1.165) is 31.0 Å². The molecule has 4 rings (SSSR count). The van der Waals surface area contributed by atoms with E-state index in [4.69, 9.17) is 4.74 Å². The van der Waals surface area contributed by atoms with E-state index in [9.17, 15) is 0 Å². The number of pyridine rings is 2. The van der Waals surface area contributed by atoms with E-state index >= 15 is 0 Å². The lowest BCUT2D eigenvalue weighted by atomic mass is 9.95. The van der Waals surface area contributed by atoms with Gasteiger partial charge in [-0.25, -0.2) is 4.98 Å². The van der Waals surface area contributed by atoms with Gasteiger partial charge in [0.15, 0.2) is 5.82 Å². The Kier molecular flexibility index (Phi) is 4.57. The Hall–Kier alpha value is -2.53. The van der Waals surface area contributed by atoms with Gasteiger partial charge in [-0.1, -0.05) is 13.0 Å². The lowest BCUT2D eigenvalue weighted by Crippen LogP contribution is -2.20. The number of aryl methyl sites for hydroxylation is 1. The van der Waals surface area contributed by atoms with Gasteiger partial charge in [0.2, 0.25) is 0 Å². The van der Waals surface area contributed by atoms with Crippen LogP contribution in [0.1, 0.15) is 24.1 Å². The number of hydrogen-bond acceptors (Lipinski definition) is 4. The number of rotatable bonds is 5.